The first-order valence-electron chi connectivity index (χ1n) is 30.7. The van der Waals surface area contributed by atoms with Crippen LogP contribution in [-0.2, 0) is 56.8 Å². The first-order valence-corrected chi connectivity index (χ1v) is 30.7. The maximum atomic E-state index is 12.0. The average Bonchev–Trinajstić information content (AvgIpc) is 1.52. The molecule has 84 heavy (non-hydrogen) atoms. The van der Waals surface area contributed by atoms with Crippen LogP contribution < -0.4 is 0 Å². The van der Waals surface area contributed by atoms with Crippen molar-refractivity contribution in [1.29, 1.82) is 0 Å². The summed E-state index contributed by atoms with van der Waals surface area (Å²) in [5.74, 6) is 2.83. The minimum Gasteiger partial charge on any atom is -0.394 e. The summed E-state index contributed by atoms with van der Waals surface area (Å²) in [6.45, 7) is 8.05. The molecule has 7 aliphatic heterocycles. The van der Waals surface area contributed by atoms with Crippen LogP contribution >= 0.6 is 0 Å². The highest BCUT2D eigenvalue weighted by Gasteiger charge is 2.70. The molecule has 27 nitrogen and oxygen atoms in total. The zero-order chi connectivity index (χ0) is 60.2. The van der Waals surface area contributed by atoms with E-state index in [1.54, 1.807) is 0 Å². The molecule has 27 heteroatoms. The lowest BCUT2D eigenvalue weighted by Gasteiger charge is -2.61. The second kappa shape index (κ2) is 25.2. The number of hydrogen-bond donors (Lipinski definition) is 15. The molecule has 7 saturated heterocycles. The largest absolute Gasteiger partial charge is 0.394 e. The van der Waals surface area contributed by atoms with Gasteiger partial charge in [-0.2, -0.15) is 0 Å². The van der Waals surface area contributed by atoms with Crippen LogP contribution in [0.5, 0.6) is 0 Å². The van der Waals surface area contributed by atoms with Gasteiger partial charge in [-0.05, 0) is 111 Å². The van der Waals surface area contributed by atoms with Gasteiger partial charge in [0.15, 0.2) is 37.2 Å². The monoisotopic (exact) mass is 1210 g/mol. The fraction of sp³-hybridized carbons (Fsp3) is 1.00. The van der Waals surface area contributed by atoms with E-state index >= 15 is 0 Å². The maximum Gasteiger partial charge on any atom is 0.187 e. The standard InChI is InChI=1S/C57H94O27/c1-21-8-13-57(73-20-21)22(2)34-29(84-57)15-28-26-7-6-24-14-25(9-11-55(24,4)27(26)10-12-56(28,34)5)75-51-44(71)40(67)47(33(19-61)78-51)81-54-49(83-52-43(70)39(66)36(63)30(16-58)76-52)48(37(64)31(17-59)77-54)82-53-45(72)41(68)46(32(18-60)79-53)80-50-42(69)38(65)35(62)23(3)74-50/h21-54,58-72H,6-20H2,1-5H3/t21-,22+,23+,24+,25+,26-,27+,28+,29+,30-,31-,32-,33-,34+,35+,36-,37-,38-,39+,40-,41-,42-,43-,44-,45-,46-,47-,48+,49-,50+,51-,52+,53+,54+,55+,56+,57-/m1/s1. The van der Waals surface area contributed by atoms with Crippen LogP contribution in [0.25, 0.3) is 0 Å². The SMILES string of the molecule is C[C@@H]1CC[C@@]2(OC1)O[C@H]1C[C@H]3[C@@H]4CC[C@H]5C[C@@H](O[C@@H]6O[C@H](CO)[C@@H](O[C@@H]7O[C@H](CO)[C@@H](O)[C@H](O[C@@H]8O[C@H](CO)[C@@H](O[C@@H]9O[C@@H](C)[C@H](O)[C@@H](O)[C@H]9O)[C@H](O)[C@H]8O)[C@H]7O[C@@H]7O[C@H](CO)[C@@H](O)[C@H](O)[C@H]7O)[C@H](O)[C@H]6O)CC[C@]5(C)[C@H]4CC[C@]3(C)[C@H]1[C@@H]2C. The molecule has 1 spiro atoms. The van der Waals surface area contributed by atoms with Crippen molar-refractivity contribution in [3.05, 3.63) is 0 Å². The molecular formula is C57H94O27. The van der Waals surface area contributed by atoms with E-state index in [9.17, 15) is 76.6 Å². The van der Waals surface area contributed by atoms with Crippen molar-refractivity contribution in [2.24, 2.45) is 52.3 Å². The molecule has 11 fully saturated rings. The summed E-state index contributed by atoms with van der Waals surface area (Å²) < 4.78 is 73.6. The van der Waals surface area contributed by atoms with Crippen molar-refractivity contribution < 1.29 is 133 Å². The Bertz CT molecular complexity index is 2180. The highest BCUT2D eigenvalue weighted by Crippen LogP contribution is 2.71. The molecule has 4 saturated carbocycles. The van der Waals surface area contributed by atoms with Gasteiger partial charge in [0.2, 0.25) is 0 Å². The zero-order valence-electron chi connectivity index (χ0n) is 48.3. The summed E-state index contributed by atoms with van der Waals surface area (Å²) in [6.07, 6.45) is -35.5. The van der Waals surface area contributed by atoms with E-state index in [-0.39, 0.29) is 23.0 Å². The summed E-state index contributed by atoms with van der Waals surface area (Å²) in [7, 11) is 0. The second-order valence-electron chi connectivity index (χ2n) is 27.1. The summed E-state index contributed by atoms with van der Waals surface area (Å²) >= 11 is 0. The van der Waals surface area contributed by atoms with E-state index in [1.165, 1.54) is 6.92 Å². The lowest BCUT2D eigenvalue weighted by molar-refractivity contribution is -0.410. The predicted octanol–water partition coefficient (Wildman–Crippen LogP) is -4.06. The van der Waals surface area contributed by atoms with E-state index in [0.717, 1.165) is 58.0 Å². The van der Waals surface area contributed by atoms with Crippen molar-refractivity contribution in [1.82, 2.24) is 0 Å². The molecule has 0 aromatic carbocycles. The summed E-state index contributed by atoms with van der Waals surface area (Å²) in [5, 5.41) is 164. The number of ether oxygens (including phenoxy) is 12. The Kier molecular flexibility index (Phi) is 19.3. The normalized spacial score (nSPS) is 57.7. The third-order valence-electron chi connectivity index (χ3n) is 22.5. The van der Waals surface area contributed by atoms with E-state index in [2.05, 4.69) is 27.7 Å². The number of hydrogen-bond acceptors (Lipinski definition) is 27. The van der Waals surface area contributed by atoms with Gasteiger partial charge in [0.05, 0.1) is 51.3 Å². The number of aliphatic hydroxyl groups is 15. The Morgan fingerprint density at radius 3 is 1.55 bits per heavy atom. The minimum absolute atomic E-state index is 0.0507. The molecule has 11 aliphatic rings. The third kappa shape index (κ3) is 11.2. The average molecular weight is 1210 g/mol. The van der Waals surface area contributed by atoms with Crippen molar-refractivity contribution in [3.8, 4) is 0 Å². The quantitative estimate of drug-likeness (QED) is 0.0736. The van der Waals surface area contributed by atoms with Gasteiger partial charge in [0, 0.05) is 12.3 Å². The molecule has 37 atom stereocenters. The highest BCUT2D eigenvalue weighted by atomic mass is 16.8. The van der Waals surface area contributed by atoms with Gasteiger partial charge in [-0.1, -0.05) is 27.7 Å². The molecule has 4 aliphatic carbocycles. The third-order valence-corrected chi connectivity index (χ3v) is 22.5. The topological polar surface area (TPSA) is 414 Å². The Labute approximate surface area is 487 Å². The summed E-state index contributed by atoms with van der Waals surface area (Å²) in [5.41, 5.74) is 0.222. The van der Waals surface area contributed by atoms with Crippen molar-refractivity contribution in [3.63, 3.8) is 0 Å². The van der Waals surface area contributed by atoms with Gasteiger partial charge in [-0.3, -0.25) is 0 Å². The molecular weight excluding hydrogens is 1120 g/mol. The highest BCUT2D eigenvalue weighted by molar-refractivity contribution is 5.16. The smallest absolute Gasteiger partial charge is 0.187 e. The molecule has 0 radical (unpaired) electrons. The van der Waals surface area contributed by atoms with Gasteiger partial charge >= 0.3 is 0 Å². The van der Waals surface area contributed by atoms with Gasteiger partial charge in [0.25, 0.3) is 0 Å². The van der Waals surface area contributed by atoms with Gasteiger partial charge in [0.1, 0.15) is 116 Å². The van der Waals surface area contributed by atoms with Crippen molar-refractivity contribution in [2.45, 2.75) is 270 Å². The minimum atomic E-state index is -2.15. The maximum absolute atomic E-state index is 12.0. The zero-order valence-corrected chi connectivity index (χ0v) is 48.3. The van der Waals surface area contributed by atoms with Gasteiger partial charge in [-0.15, -0.1) is 0 Å². The van der Waals surface area contributed by atoms with Gasteiger partial charge in [-0.25, -0.2) is 0 Å². The molecule has 11 rings (SSSR count). The molecule has 0 bridgehead atoms. The van der Waals surface area contributed by atoms with Crippen LogP contribution in [0.15, 0.2) is 0 Å². The number of rotatable bonds is 14. The first-order chi connectivity index (χ1) is 39.9. The van der Waals surface area contributed by atoms with Crippen LogP contribution in [0.3, 0.4) is 0 Å². The lowest BCUT2D eigenvalue weighted by Crippen LogP contribution is -2.69. The molecule has 484 valence electrons. The fourth-order valence-electron chi connectivity index (χ4n) is 17.6. The van der Waals surface area contributed by atoms with Crippen LogP contribution in [0, 0.1) is 52.3 Å². The van der Waals surface area contributed by atoms with Crippen LogP contribution in [0.1, 0.15) is 98.8 Å². The number of aliphatic hydroxyl groups excluding tert-OH is 15. The fourth-order valence-corrected chi connectivity index (χ4v) is 17.6. The Morgan fingerprint density at radius 2 is 0.940 bits per heavy atom. The second-order valence-corrected chi connectivity index (χ2v) is 27.1. The summed E-state index contributed by atoms with van der Waals surface area (Å²) in [4.78, 5) is 0. The first kappa shape index (κ1) is 64.4. The molecule has 0 unspecified atom stereocenters. The van der Waals surface area contributed by atoms with Crippen molar-refractivity contribution >= 4 is 0 Å². The lowest BCUT2D eigenvalue weighted by atomic mass is 9.44. The molecule has 7 heterocycles. The summed E-state index contributed by atoms with van der Waals surface area (Å²) in [6, 6.07) is 0. The van der Waals surface area contributed by atoms with E-state index in [1.807, 2.05) is 0 Å². The molecule has 15 N–H and O–H groups in total. The van der Waals surface area contributed by atoms with E-state index in [4.69, 9.17) is 56.8 Å². The Morgan fingerprint density at radius 1 is 0.429 bits per heavy atom. The van der Waals surface area contributed by atoms with Crippen LogP contribution in [0.2, 0.25) is 0 Å². The van der Waals surface area contributed by atoms with Crippen molar-refractivity contribution in [2.75, 3.05) is 33.0 Å². The van der Waals surface area contributed by atoms with Crippen LogP contribution in [0.4, 0.5) is 0 Å². The molecule has 0 amide bonds. The van der Waals surface area contributed by atoms with E-state index in [0.29, 0.717) is 54.3 Å². The Hall–Kier alpha value is -1.08. The van der Waals surface area contributed by atoms with Gasteiger partial charge < -0.3 is 133 Å². The molecule has 0 aromatic heterocycles. The van der Waals surface area contributed by atoms with E-state index < -0.39 is 186 Å². The Balaban J connectivity index is 0.773. The van der Waals surface area contributed by atoms with Crippen LogP contribution in [-0.4, -0.2) is 281 Å². The number of fused-ring (bicyclic) bond motifs is 7. The predicted molar refractivity (Wildman–Crippen MR) is 279 cm³/mol. The molecule has 0 aromatic rings.